The van der Waals surface area contributed by atoms with E-state index < -0.39 is 0 Å². The number of piperazine rings is 1. The van der Waals surface area contributed by atoms with Crippen LogP contribution in [0.5, 0.6) is 0 Å². The third-order valence-corrected chi connectivity index (χ3v) is 7.09. The Morgan fingerprint density at radius 3 is 2.47 bits per heavy atom. The lowest BCUT2D eigenvalue weighted by atomic mass is 10.3. The maximum absolute atomic E-state index is 6.23. The van der Waals surface area contributed by atoms with Gasteiger partial charge in [0.15, 0.2) is 5.82 Å². The van der Waals surface area contributed by atoms with Gasteiger partial charge in [-0.05, 0) is 17.7 Å². The monoisotopic (exact) mass is 447 g/mol. The van der Waals surface area contributed by atoms with E-state index in [1.54, 1.807) is 11.3 Å². The predicted octanol–water partition coefficient (Wildman–Crippen LogP) is 2.23. The van der Waals surface area contributed by atoms with Gasteiger partial charge < -0.3 is 14.2 Å². The Hall–Kier alpha value is -1.78. The molecule has 0 radical (unpaired) electrons. The van der Waals surface area contributed by atoms with E-state index in [0.29, 0.717) is 5.28 Å². The average molecular weight is 448 g/mol. The molecule has 0 unspecified atom stereocenters. The third kappa shape index (κ3) is 4.31. The number of imidazole rings is 1. The van der Waals surface area contributed by atoms with Gasteiger partial charge in [0.1, 0.15) is 5.82 Å². The normalized spacial score (nSPS) is 19.1. The second-order valence-electron chi connectivity index (χ2n) is 7.85. The number of hydrogen-bond donors (Lipinski definition) is 0. The minimum Gasteiger partial charge on any atom is -0.378 e. The van der Waals surface area contributed by atoms with Crippen molar-refractivity contribution < 1.29 is 4.74 Å². The van der Waals surface area contributed by atoms with Crippen molar-refractivity contribution in [2.24, 2.45) is 7.05 Å². The molecule has 2 saturated heterocycles. The minimum atomic E-state index is 0.316. The fraction of sp³-hybridized carbons (Fsp3) is 0.550. The van der Waals surface area contributed by atoms with Crippen molar-refractivity contribution in [3.05, 3.63) is 34.4 Å². The lowest BCUT2D eigenvalue weighted by Crippen LogP contribution is -2.45. The van der Waals surface area contributed by atoms with E-state index in [0.717, 1.165) is 87.4 Å². The number of hydrogen-bond acceptors (Lipinski definition) is 8. The van der Waals surface area contributed by atoms with Crippen molar-refractivity contribution in [1.82, 2.24) is 29.3 Å². The van der Waals surface area contributed by atoms with Crippen LogP contribution >= 0.6 is 22.9 Å². The van der Waals surface area contributed by atoms with Gasteiger partial charge in [0.2, 0.25) is 5.28 Å². The lowest BCUT2D eigenvalue weighted by molar-refractivity contribution is 0.120. The first kappa shape index (κ1) is 20.1. The van der Waals surface area contributed by atoms with Crippen molar-refractivity contribution in [3.63, 3.8) is 0 Å². The summed E-state index contributed by atoms with van der Waals surface area (Å²) < 4.78 is 8.72. The number of morpholine rings is 1. The van der Waals surface area contributed by atoms with Gasteiger partial charge >= 0.3 is 0 Å². The number of rotatable bonds is 5. The molecule has 0 N–H and O–H groups in total. The van der Waals surface area contributed by atoms with Crippen molar-refractivity contribution >= 4 is 39.0 Å². The number of thiophene rings is 1. The molecule has 0 spiro atoms. The molecule has 2 aliphatic heterocycles. The van der Waals surface area contributed by atoms with Gasteiger partial charge in [0, 0.05) is 70.1 Å². The fourth-order valence-electron chi connectivity index (χ4n) is 4.08. The number of halogens is 1. The Balaban J connectivity index is 1.25. The molecule has 8 nitrogen and oxygen atoms in total. The summed E-state index contributed by atoms with van der Waals surface area (Å²) in [7, 11) is 2.06. The molecule has 0 atom stereocenters. The summed E-state index contributed by atoms with van der Waals surface area (Å²) in [4.78, 5) is 22.0. The molecule has 0 amide bonds. The Morgan fingerprint density at radius 2 is 1.77 bits per heavy atom. The van der Waals surface area contributed by atoms with Crippen LogP contribution < -0.4 is 4.90 Å². The Kier molecular flexibility index (Phi) is 5.88. The molecule has 0 aromatic carbocycles. The molecule has 0 aliphatic carbocycles. The molecule has 2 aliphatic rings. The van der Waals surface area contributed by atoms with Crippen LogP contribution in [0.3, 0.4) is 0 Å². The summed E-state index contributed by atoms with van der Waals surface area (Å²) in [6.07, 6.45) is 3.88. The van der Waals surface area contributed by atoms with Crippen LogP contribution in [0, 0.1) is 0 Å². The number of aryl methyl sites for hydroxylation is 1. The zero-order valence-corrected chi connectivity index (χ0v) is 18.7. The van der Waals surface area contributed by atoms with Gasteiger partial charge in [-0.2, -0.15) is 4.98 Å². The highest BCUT2D eigenvalue weighted by Crippen LogP contribution is 2.34. The fourth-order valence-corrected chi connectivity index (χ4v) is 5.40. The van der Waals surface area contributed by atoms with Gasteiger partial charge in [-0.3, -0.25) is 9.80 Å². The highest BCUT2D eigenvalue weighted by molar-refractivity contribution is 7.19. The largest absolute Gasteiger partial charge is 0.378 e. The van der Waals surface area contributed by atoms with Crippen molar-refractivity contribution in [1.29, 1.82) is 0 Å². The van der Waals surface area contributed by atoms with Crippen molar-refractivity contribution in [2.75, 3.05) is 57.4 Å². The number of nitrogens with zero attached hydrogens (tertiary/aromatic N) is 7. The van der Waals surface area contributed by atoms with Crippen LogP contribution in [0.4, 0.5) is 5.82 Å². The molecular weight excluding hydrogens is 422 g/mol. The first-order valence-electron chi connectivity index (χ1n) is 10.4. The second kappa shape index (κ2) is 8.76. The molecule has 2 fully saturated rings. The number of ether oxygens (including phenoxy) is 1. The maximum Gasteiger partial charge on any atom is 0.224 e. The quantitative estimate of drug-likeness (QED) is 0.556. The summed E-state index contributed by atoms with van der Waals surface area (Å²) in [6, 6.07) is 2.18. The summed E-state index contributed by atoms with van der Waals surface area (Å²) in [5, 5.41) is 0.316. The third-order valence-electron chi connectivity index (χ3n) is 5.82. The van der Waals surface area contributed by atoms with E-state index >= 15 is 0 Å². The highest BCUT2D eigenvalue weighted by Gasteiger charge is 2.22. The Labute approximate surface area is 185 Å². The molecule has 5 heterocycles. The smallest absolute Gasteiger partial charge is 0.224 e. The Morgan fingerprint density at radius 1 is 1.03 bits per heavy atom. The molecule has 0 bridgehead atoms. The zero-order valence-electron chi connectivity index (χ0n) is 17.1. The SMILES string of the molecule is Cn1ccnc1CN1CCN(Cc2cc3nc(Cl)nc(N4CCOCC4)c3s2)CC1. The number of anilines is 1. The summed E-state index contributed by atoms with van der Waals surface area (Å²) in [5.41, 5.74) is 0.949. The average Bonchev–Trinajstić information content (AvgIpc) is 3.35. The second-order valence-corrected chi connectivity index (χ2v) is 9.32. The summed E-state index contributed by atoms with van der Waals surface area (Å²) >= 11 is 8.02. The molecule has 0 saturated carbocycles. The standard InChI is InChI=1S/C20H26ClN7OS/c1-25-3-2-22-17(25)14-27-6-4-26(5-7-27)13-15-12-16-18(30-15)19(24-20(21)23-16)28-8-10-29-11-9-28/h2-3,12H,4-11,13-14H2,1H3. The van der Waals surface area contributed by atoms with Gasteiger partial charge in [-0.15, -0.1) is 11.3 Å². The molecule has 5 rings (SSSR count). The van der Waals surface area contributed by atoms with Crippen LogP contribution in [0.15, 0.2) is 18.5 Å². The van der Waals surface area contributed by atoms with Crippen molar-refractivity contribution in [2.45, 2.75) is 13.1 Å². The molecule has 3 aromatic heterocycles. The number of fused-ring (bicyclic) bond motifs is 1. The molecule has 3 aromatic rings. The molecular formula is C20H26ClN7OS. The predicted molar refractivity (Wildman–Crippen MR) is 119 cm³/mol. The van der Waals surface area contributed by atoms with E-state index in [1.165, 1.54) is 4.88 Å². The van der Waals surface area contributed by atoms with Crippen LogP contribution in [0.25, 0.3) is 10.2 Å². The van der Waals surface area contributed by atoms with E-state index in [4.69, 9.17) is 16.3 Å². The highest BCUT2D eigenvalue weighted by atomic mass is 35.5. The first-order valence-corrected chi connectivity index (χ1v) is 11.5. The maximum atomic E-state index is 6.23. The minimum absolute atomic E-state index is 0.316. The first-order chi connectivity index (χ1) is 14.7. The van der Waals surface area contributed by atoms with Gasteiger partial charge in [-0.25, -0.2) is 9.97 Å². The van der Waals surface area contributed by atoms with Gasteiger partial charge in [0.05, 0.1) is 30.0 Å². The summed E-state index contributed by atoms with van der Waals surface area (Å²) in [6.45, 7) is 9.22. The van der Waals surface area contributed by atoms with E-state index in [9.17, 15) is 0 Å². The molecule has 30 heavy (non-hydrogen) atoms. The van der Waals surface area contributed by atoms with Crippen LogP contribution in [-0.2, 0) is 24.9 Å². The van der Waals surface area contributed by atoms with E-state index in [-0.39, 0.29) is 0 Å². The Bertz CT molecular complexity index is 1010. The van der Waals surface area contributed by atoms with Crippen LogP contribution in [-0.4, -0.2) is 81.8 Å². The number of aromatic nitrogens is 4. The van der Waals surface area contributed by atoms with E-state index in [1.807, 2.05) is 12.4 Å². The topological polar surface area (TPSA) is 62.6 Å². The molecule has 10 heteroatoms. The lowest BCUT2D eigenvalue weighted by Gasteiger charge is -2.34. The van der Waals surface area contributed by atoms with Crippen LogP contribution in [0.1, 0.15) is 10.7 Å². The van der Waals surface area contributed by atoms with Crippen LogP contribution in [0.2, 0.25) is 5.28 Å². The van der Waals surface area contributed by atoms with Gasteiger partial charge in [0.25, 0.3) is 0 Å². The zero-order chi connectivity index (χ0) is 20.5. The van der Waals surface area contributed by atoms with Crippen molar-refractivity contribution in [3.8, 4) is 0 Å². The van der Waals surface area contributed by atoms with Gasteiger partial charge in [-0.1, -0.05) is 0 Å². The van der Waals surface area contributed by atoms with E-state index in [2.05, 4.69) is 47.3 Å². The summed E-state index contributed by atoms with van der Waals surface area (Å²) in [5.74, 6) is 2.07. The molecule has 160 valence electrons.